The molecule has 0 saturated heterocycles. The Hall–Kier alpha value is -1.42. The molecule has 3 nitrogen and oxygen atoms in total. The highest BCUT2D eigenvalue weighted by molar-refractivity contribution is 5.77. The topological polar surface area (TPSA) is 49.3 Å². The molecule has 1 fully saturated rings. The first-order valence-corrected chi connectivity index (χ1v) is 7.60. The number of aliphatic hydroxyl groups excluding tert-OH is 1. The van der Waals surface area contributed by atoms with E-state index in [1.165, 1.54) is 12.1 Å². The second kappa shape index (κ2) is 6.56. The summed E-state index contributed by atoms with van der Waals surface area (Å²) in [6.07, 6.45) is 3.22. The maximum absolute atomic E-state index is 13.2. The highest BCUT2D eigenvalue weighted by atomic mass is 19.1. The van der Waals surface area contributed by atoms with Crippen molar-refractivity contribution in [2.24, 2.45) is 5.41 Å². The van der Waals surface area contributed by atoms with Crippen LogP contribution in [0.15, 0.2) is 24.3 Å². The van der Waals surface area contributed by atoms with E-state index in [4.69, 9.17) is 0 Å². The molecule has 1 aromatic carbocycles. The molecule has 1 aromatic rings. The molecule has 1 saturated carbocycles. The van der Waals surface area contributed by atoms with Gasteiger partial charge in [0.2, 0.25) is 5.91 Å². The van der Waals surface area contributed by atoms with Crippen molar-refractivity contribution < 1.29 is 14.3 Å². The summed E-state index contributed by atoms with van der Waals surface area (Å²) in [5.41, 5.74) is 0.624. The van der Waals surface area contributed by atoms with Crippen molar-refractivity contribution in [2.75, 3.05) is 6.61 Å². The zero-order valence-corrected chi connectivity index (χ0v) is 12.7. The standard InChI is InChI=1S/C17H24FNO2/c1-12(13-5-3-6-14(18)10-13)9-16(21)19-15-7-4-8-17(15,2)11-20/h3,5-6,10,12,15,20H,4,7-9,11H2,1-2H3,(H,19,21). The lowest BCUT2D eigenvalue weighted by Gasteiger charge is -2.30. The minimum Gasteiger partial charge on any atom is -0.396 e. The molecule has 4 heteroatoms. The first kappa shape index (κ1) is 16.0. The molecule has 3 unspecified atom stereocenters. The van der Waals surface area contributed by atoms with Crippen molar-refractivity contribution >= 4 is 5.91 Å². The number of carbonyl (C=O) groups is 1. The van der Waals surface area contributed by atoms with Crippen LogP contribution < -0.4 is 5.32 Å². The van der Waals surface area contributed by atoms with E-state index >= 15 is 0 Å². The maximum Gasteiger partial charge on any atom is 0.220 e. The Balaban J connectivity index is 1.93. The molecular weight excluding hydrogens is 269 g/mol. The molecule has 1 aliphatic carbocycles. The summed E-state index contributed by atoms with van der Waals surface area (Å²) in [5.74, 6) is -0.329. The van der Waals surface area contributed by atoms with E-state index in [-0.39, 0.29) is 35.7 Å². The molecule has 0 heterocycles. The summed E-state index contributed by atoms with van der Waals surface area (Å²) in [6.45, 7) is 4.03. The van der Waals surface area contributed by atoms with Gasteiger partial charge in [-0.1, -0.05) is 32.4 Å². The summed E-state index contributed by atoms with van der Waals surface area (Å²) in [5, 5.41) is 12.5. The largest absolute Gasteiger partial charge is 0.396 e. The summed E-state index contributed by atoms with van der Waals surface area (Å²) in [4.78, 5) is 12.2. The maximum atomic E-state index is 13.2. The number of aliphatic hydroxyl groups is 1. The van der Waals surface area contributed by atoms with Gasteiger partial charge in [-0.3, -0.25) is 4.79 Å². The van der Waals surface area contributed by atoms with Gasteiger partial charge in [-0.2, -0.15) is 0 Å². The van der Waals surface area contributed by atoms with E-state index in [0.717, 1.165) is 24.8 Å². The van der Waals surface area contributed by atoms with Gasteiger partial charge in [-0.05, 0) is 36.5 Å². The summed E-state index contributed by atoms with van der Waals surface area (Å²) in [6, 6.07) is 6.43. The second-order valence-corrected chi connectivity index (χ2v) is 6.48. The van der Waals surface area contributed by atoms with Crippen molar-refractivity contribution in [3.8, 4) is 0 Å². The van der Waals surface area contributed by atoms with Crippen LogP contribution in [0.1, 0.15) is 51.0 Å². The third-order valence-electron chi connectivity index (χ3n) is 4.69. The Labute approximate surface area is 125 Å². The lowest BCUT2D eigenvalue weighted by Crippen LogP contribution is -2.45. The zero-order chi connectivity index (χ0) is 15.5. The Kier molecular flexibility index (Phi) is 4.99. The van der Waals surface area contributed by atoms with Crippen LogP contribution in [0.4, 0.5) is 4.39 Å². The molecule has 0 bridgehead atoms. The van der Waals surface area contributed by atoms with Crippen molar-refractivity contribution in [3.05, 3.63) is 35.6 Å². The van der Waals surface area contributed by atoms with Crippen LogP contribution in [-0.4, -0.2) is 23.7 Å². The van der Waals surface area contributed by atoms with Crippen LogP contribution in [0.2, 0.25) is 0 Å². The third-order valence-corrected chi connectivity index (χ3v) is 4.69. The zero-order valence-electron chi connectivity index (χ0n) is 12.7. The van der Waals surface area contributed by atoms with Gasteiger partial charge < -0.3 is 10.4 Å². The molecule has 1 amide bonds. The normalized spacial score (nSPS) is 26.6. The molecular formula is C17H24FNO2. The lowest BCUT2D eigenvalue weighted by molar-refractivity contribution is -0.123. The van der Waals surface area contributed by atoms with E-state index in [1.807, 2.05) is 19.9 Å². The van der Waals surface area contributed by atoms with Crippen LogP contribution in [0.5, 0.6) is 0 Å². The van der Waals surface area contributed by atoms with E-state index in [1.54, 1.807) is 6.07 Å². The molecule has 3 atom stereocenters. The molecule has 2 rings (SSSR count). The Morgan fingerprint density at radius 3 is 3.00 bits per heavy atom. The average molecular weight is 293 g/mol. The highest BCUT2D eigenvalue weighted by Gasteiger charge is 2.39. The van der Waals surface area contributed by atoms with Gasteiger partial charge >= 0.3 is 0 Å². The van der Waals surface area contributed by atoms with Gasteiger partial charge in [-0.15, -0.1) is 0 Å². The summed E-state index contributed by atoms with van der Waals surface area (Å²) >= 11 is 0. The Morgan fingerprint density at radius 2 is 2.33 bits per heavy atom. The van der Waals surface area contributed by atoms with Crippen LogP contribution in [0.25, 0.3) is 0 Å². The third kappa shape index (κ3) is 3.82. The molecule has 0 aliphatic heterocycles. The van der Waals surface area contributed by atoms with E-state index in [2.05, 4.69) is 5.32 Å². The SMILES string of the molecule is CC(CC(=O)NC1CCCC1(C)CO)c1cccc(F)c1. The summed E-state index contributed by atoms with van der Waals surface area (Å²) < 4.78 is 13.2. The van der Waals surface area contributed by atoms with Crippen LogP contribution in [0, 0.1) is 11.2 Å². The molecule has 0 spiro atoms. The fourth-order valence-electron chi connectivity index (χ4n) is 3.13. The second-order valence-electron chi connectivity index (χ2n) is 6.48. The Morgan fingerprint density at radius 1 is 1.57 bits per heavy atom. The molecule has 21 heavy (non-hydrogen) atoms. The van der Waals surface area contributed by atoms with Crippen molar-refractivity contribution in [2.45, 2.75) is 51.5 Å². The number of hydrogen-bond acceptors (Lipinski definition) is 2. The molecule has 1 aliphatic rings. The quantitative estimate of drug-likeness (QED) is 0.877. The number of carbonyl (C=O) groups excluding carboxylic acids is 1. The molecule has 0 aromatic heterocycles. The minimum absolute atomic E-state index is 0.0255. The fraction of sp³-hybridized carbons (Fsp3) is 0.588. The predicted octanol–water partition coefficient (Wildman–Crippen LogP) is 2.99. The first-order chi connectivity index (χ1) is 9.94. The van der Waals surface area contributed by atoms with E-state index in [0.29, 0.717) is 6.42 Å². The number of nitrogens with one attached hydrogen (secondary N) is 1. The van der Waals surface area contributed by atoms with Gasteiger partial charge in [0.15, 0.2) is 0 Å². The van der Waals surface area contributed by atoms with Gasteiger partial charge in [0, 0.05) is 17.9 Å². The van der Waals surface area contributed by atoms with Crippen molar-refractivity contribution in [3.63, 3.8) is 0 Å². The van der Waals surface area contributed by atoms with Crippen LogP contribution in [0.3, 0.4) is 0 Å². The van der Waals surface area contributed by atoms with Gasteiger partial charge in [-0.25, -0.2) is 4.39 Å². The van der Waals surface area contributed by atoms with Crippen LogP contribution >= 0.6 is 0 Å². The van der Waals surface area contributed by atoms with Crippen molar-refractivity contribution in [1.82, 2.24) is 5.32 Å². The smallest absolute Gasteiger partial charge is 0.220 e. The first-order valence-electron chi connectivity index (χ1n) is 7.60. The molecule has 116 valence electrons. The molecule has 0 radical (unpaired) electrons. The van der Waals surface area contributed by atoms with Crippen molar-refractivity contribution in [1.29, 1.82) is 0 Å². The predicted molar refractivity (Wildman–Crippen MR) is 80.4 cm³/mol. The van der Waals surface area contributed by atoms with Gasteiger partial charge in [0.05, 0.1) is 6.61 Å². The minimum atomic E-state index is -0.275. The lowest BCUT2D eigenvalue weighted by atomic mass is 9.85. The number of amides is 1. The number of hydrogen-bond donors (Lipinski definition) is 2. The highest BCUT2D eigenvalue weighted by Crippen LogP contribution is 2.37. The number of rotatable bonds is 5. The van der Waals surface area contributed by atoms with Gasteiger partial charge in [0.25, 0.3) is 0 Å². The molecule has 2 N–H and O–H groups in total. The monoisotopic (exact) mass is 293 g/mol. The fourth-order valence-corrected chi connectivity index (χ4v) is 3.13. The Bertz CT molecular complexity index is 505. The van der Waals surface area contributed by atoms with E-state index < -0.39 is 0 Å². The van der Waals surface area contributed by atoms with Gasteiger partial charge in [0.1, 0.15) is 5.82 Å². The summed E-state index contributed by atoms with van der Waals surface area (Å²) in [7, 11) is 0. The number of halogens is 1. The van der Waals surface area contributed by atoms with E-state index in [9.17, 15) is 14.3 Å². The average Bonchev–Trinajstić information content (AvgIpc) is 2.80. The number of benzene rings is 1. The van der Waals surface area contributed by atoms with Crippen LogP contribution in [-0.2, 0) is 4.79 Å².